The van der Waals surface area contributed by atoms with Gasteiger partial charge in [0.25, 0.3) is 0 Å². The van der Waals surface area contributed by atoms with Crippen molar-refractivity contribution in [3.05, 3.63) is 29.6 Å². The summed E-state index contributed by atoms with van der Waals surface area (Å²) in [4.78, 5) is 4.15. The first-order valence-electron chi connectivity index (χ1n) is 5.31. The van der Waals surface area contributed by atoms with Crippen LogP contribution in [0.3, 0.4) is 0 Å². The van der Waals surface area contributed by atoms with Crippen LogP contribution in [0, 0.1) is 12.8 Å². The summed E-state index contributed by atoms with van der Waals surface area (Å²) < 4.78 is 0. The molecule has 1 unspecified atom stereocenters. The van der Waals surface area contributed by atoms with E-state index in [9.17, 15) is 5.11 Å². The van der Waals surface area contributed by atoms with Gasteiger partial charge >= 0.3 is 0 Å². The zero-order valence-corrected chi connectivity index (χ0v) is 8.83. The molecule has 1 saturated carbocycles. The highest BCUT2D eigenvalue weighted by molar-refractivity contribution is 5.25. The number of pyridine rings is 1. The van der Waals surface area contributed by atoms with E-state index < -0.39 is 5.60 Å². The molecule has 0 amide bonds. The summed E-state index contributed by atoms with van der Waals surface area (Å²) in [6.45, 7) is 4.06. The second-order valence-electron chi connectivity index (χ2n) is 4.30. The van der Waals surface area contributed by atoms with E-state index in [1.807, 2.05) is 20.0 Å². The molecule has 2 nitrogen and oxygen atoms in total. The summed E-state index contributed by atoms with van der Waals surface area (Å²) in [5.74, 6) is 0.455. The number of hydrogen-bond donors (Lipinski definition) is 1. The molecule has 2 rings (SSSR count). The Kier molecular flexibility index (Phi) is 2.31. The molecule has 76 valence electrons. The van der Waals surface area contributed by atoms with Gasteiger partial charge in [-0.3, -0.25) is 4.98 Å². The highest BCUT2D eigenvalue weighted by Gasteiger charge is 2.43. The maximum atomic E-state index is 10.5. The van der Waals surface area contributed by atoms with Crippen LogP contribution < -0.4 is 0 Å². The number of hydrogen-bond acceptors (Lipinski definition) is 2. The van der Waals surface area contributed by atoms with E-state index in [-0.39, 0.29) is 0 Å². The van der Waals surface area contributed by atoms with Gasteiger partial charge in [0.1, 0.15) is 0 Å². The minimum atomic E-state index is -0.626. The lowest BCUT2D eigenvalue weighted by Gasteiger charge is -2.27. The van der Waals surface area contributed by atoms with E-state index in [4.69, 9.17) is 0 Å². The van der Waals surface area contributed by atoms with Crippen LogP contribution in [0.25, 0.3) is 0 Å². The molecule has 0 spiro atoms. The molecular formula is C12H17NO. The molecule has 1 N–H and O–H groups in total. The number of aliphatic hydroxyl groups is 1. The minimum absolute atomic E-state index is 0.455. The molecular weight excluding hydrogens is 174 g/mol. The Bertz CT molecular complexity index is 333. The molecule has 1 aliphatic carbocycles. The third-order valence-corrected chi connectivity index (χ3v) is 3.17. The van der Waals surface area contributed by atoms with Crippen molar-refractivity contribution in [2.75, 3.05) is 0 Å². The smallest absolute Gasteiger partial charge is 0.0936 e. The summed E-state index contributed by atoms with van der Waals surface area (Å²) in [6.07, 6.45) is 6.71. The van der Waals surface area contributed by atoms with Crippen LogP contribution in [0.4, 0.5) is 0 Å². The van der Waals surface area contributed by atoms with E-state index in [2.05, 4.69) is 11.1 Å². The predicted molar refractivity (Wildman–Crippen MR) is 55.9 cm³/mol. The molecule has 0 bridgehead atoms. The van der Waals surface area contributed by atoms with Crippen molar-refractivity contribution in [2.24, 2.45) is 5.92 Å². The summed E-state index contributed by atoms with van der Waals surface area (Å²) >= 11 is 0. The Labute approximate surface area is 85.0 Å². The normalized spacial score (nSPS) is 20.5. The standard InChI is InChI=1S/C12H17NO/c1-3-12(14,10-4-5-10)11-6-9(2)7-13-8-11/h6-8,10,14H,3-5H2,1-2H3. The summed E-state index contributed by atoms with van der Waals surface area (Å²) in [6, 6.07) is 2.05. The van der Waals surface area contributed by atoms with Crippen molar-refractivity contribution in [2.45, 2.75) is 38.7 Å². The highest BCUT2D eigenvalue weighted by atomic mass is 16.3. The maximum Gasteiger partial charge on any atom is 0.0936 e. The van der Waals surface area contributed by atoms with E-state index in [0.717, 1.165) is 30.4 Å². The fraction of sp³-hybridized carbons (Fsp3) is 0.583. The van der Waals surface area contributed by atoms with Crippen molar-refractivity contribution in [3.63, 3.8) is 0 Å². The largest absolute Gasteiger partial charge is 0.385 e. The highest BCUT2D eigenvalue weighted by Crippen LogP contribution is 2.47. The SMILES string of the molecule is CCC(O)(c1cncc(C)c1)C1CC1. The summed E-state index contributed by atoms with van der Waals surface area (Å²) in [5, 5.41) is 10.5. The molecule has 0 radical (unpaired) electrons. The van der Waals surface area contributed by atoms with E-state index >= 15 is 0 Å². The molecule has 2 heteroatoms. The molecule has 14 heavy (non-hydrogen) atoms. The van der Waals surface area contributed by atoms with E-state index in [1.54, 1.807) is 6.20 Å². The first-order valence-corrected chi connectivity index (χ1v) is 5.31. The summed E-state index contributed by atoms with van der Waals surface area (Å²) in [5.41, 5.74) is 1.48. The van der Waals surface area contributed by atoms with Gasteiger partial charge in [-0.1, -0.05) is 13.0 Å². The Morgan fingerprint density at radius 1 is 1.50 bits per heavy atom. The first kappa shape index (κ1) is 9.66. The molecule has 0 saturated heterocycles. The van der Waals surface area contributed by atoms with E-state index in [0.29, 0.717) is 5.92 Å². The van der Waals surface area contributed by atoms with Crippen molar-refractivity contribution >= 4 is 0 Å². The third-order valence-electron chi connectivity index (χ3n) is 3.17. The average Bonchev–Trinajstić information content (AvgIpc) is 3.00. The van der Waals surface area contributed by atoms with Gasteiger partial charge < -0.3 is 5.11 Å². The second-order valence-corrected chi connectivity index (χ2v) is 4.30. The minimum Gasteiger partial charge on any atom is -0.385 e. The van der Waals surface area contributed by atoms with Gasteiger partial charge in [0.15, 0.2) is 0 Å². The van der Waals surface area contributed by atoms with Crippen LogP contribution >= 0.6 is 0 Å². The Morgan fingerprint density at radius 3 is 2.71 bits per heavy atom. The van der Waals surface area contributed by atoms with Gasteiger partial charge in [-0.05, 0) is 37.7 Å². The zero-order valence-electron chi connectivity index (χ0n) is 8.83. The fourth-order valence-corrected chi connectivity index (χ4v) is 2.08. The van der Waals surface area contributed by atoms with Crippen LogP contribution in [0.1, 0.15) is 37.3 Å². The lowest BCUT2D eigenvalue weighted by atomic mass is 9.87. The monoisotopic (exact) mass is 191 g/mol. The predicted octanol–water partition coefficient (Wildman–Crippen LogP) is 2.40. The van der Waals surface area contributed by atoms with Crippen LogP contribution in [0.15, 0.2) is 18.5 Å². The second kappa shape index (κ2) is 3.35. The molecule has 1 heterocycles. The molecule has 0 aromatic carbocycles. The number of rotatable bonds is 3. The van der Waals surface area contributed by atoms with Crippen molar-refractivity contribution in [3.8, 4) is 0 Å². The number of aryl methyl sites for hydroxylation is 1. The maximum absolute atomic E-state index is 10.5. The molecule has 1 fully saturated rings. The van der Waals surface area contributed by atoms with Gasteiger partial charge in [-0.2, -0.15) is 0 Å². The topological polar surface area (TPSA) is 33.1 Å². The van der Waals surface area contributed by atoms with Crippen LogP contribution in [0.5, 0.6) is 0 Å². The zero-order chi connectivity index (χ0) is 10.2. The lowest BCUT2D eigenvalue weighted by Crippen LogP contribution is -2.27. The molecule has 1 aromatic heterocycles. The van der Waals surface area contributed by atoms with Gasteiger partial charge in [0, 0.05) is 18.0 Å². The number of nitrogens with zero attached hydrogens (tertiary/aromatic N) is 1. The molecule has 1 aromatic rings. The van der Waals surface area contributed by atoms with Crippen molar-refractivity contribution in [1.82, 2.24) is 4.98 Å². The Balaban J connectivity index is 2.35. The van der Waals surface area contributed by atoms with E-state index in [1.165, 1.54) is 0 Å². The van der Waals surface area contributed by atoms with Gasteiger partial charge in [0.2, 0.25) is 0 Å². The summed E-state index contributed by atoms with van der Waals surface area (Å²) in [7, 11) is 0. The third kappa shape index (κ3) is 1.55. The van der Waals surface area contributed by atoms with Crippen LogP contribution in [-0.4, -0.2) is 10.1 Å². The molecule has 1 aliphatic rings. The first-order chi connectivity index (χ1) is 6.66. The van der Waals surface area contributed by atoms with Gasteiger partial charge in [0.05, 0.1) is 5.60 Å². The Hall–Kier alpha value is -0.890. The van der Waals surface area contributed by atoms with Crippen molar-refractivity contribution in [1.29, 1.82) is 0 Å². The van der Waals surface area contributed by atoms with Crippen LogP contribution in [-0.2, 0) is 5.60 Å². The fourth-order valence-electron chi connectivity index (χ4n) is 2.08. The average molecular weight is 191 g/mol. The molecule has 0 aliphatic heterocycles. The number of aromatic nitrogens is 1. The Morgan fingerprint density at radius 2 is 2.21 bits per heavy atom. The van der Waals surface area contributed by atoms with Gasteiger partial charge in [-0.25, -0.2) is 0 Å². The van der Waals surface area contributed by atoms with Crippen LogP contribution in [0.2, 0.25) is 0 Å². The van der Waals surface area contributed by atoms with Crippen molar-refractivity contribution < 1.29 is 5.11 Å². The quantitative estimate of drug-likeness (QED) is 0.795. The van der Waals surface area contributed by atoms with Gasteiger partial charge in [-0.15, -0.1) is 0 Å². The lowest BCUT2D eigenvalue weighted by molar-refractivity contribution is 0.00853. The molecule has 1 atom stereocenters.